The zero-order valence-electron chi connectivity index (χ0n) is 11.1. The number of hydrogen-bond acceptors (Lipinski definition) is 5. The summed E-state index contributed by atoms with van der Waals surface area (Å²) in [4.78, 5) is 11.8. The number of rotatable bonds is 7. The normalized spacial score (nSPS) is 12.9. The summed E-state index contributed by atoms with van der Waals surface area (Å²) in [7, 11) is -3.73. The van der Waals surface area contributed by atoms with E-state index in [9.17, 15) is 13.2 Å². The van der Waals surface area contributed by atoms with Crippen molar-refractivity contribution in [3.8, 4) is 0 Å². The molecule has 0 fully saturated rings. The number of carbonyl (C=O) groups is 1. The van der Waals surface area contributed by atoms with Crippen molar-refractivity contribution in [1.29, 1.82) is 0 Å². The molecule has 8 heteroatoms. The van der Waals surface area contributed by atoms with E-state index in [0.717, 1.165) is 12.8 Å². The molecule has 0 heterocycles. The largest absolute Gasteiger partial charge is 0.330 e. The van der Waals surface area contributed by atoms with E-state index in [0.29, 0.717) is 18.7 Å². The molecule has 112 valence electrons. The van der Waals surface area contributed by atoms with Crippen molar-refractivity contribution in [1.82, 2.24) is 0 Å². The van der Waals surface area contributed by atoms with Crippen molar-refractivity contribution >= 4 is 21.6 Å². The third kappa shape index (κ3) is 5.25. The molecule has 20 heavy (non-hydrogen) atoms. The van der Waals surface area contributed by atoms with Gasteiger partial charge < -0.3 is 16.8 Å². The van der Waals surface area contributed by atoms with Gasteiger partial charge in [-0.1, -0.05) is 6.42 Å². The number of sulfonamides is 1. The molecule has 1 rings (SSSR count). The lowest BCUT2D eigenvalue weighted by Crippen LogP contribution is -2.35. The summed E-state index contributed by atoms with van der Waals surface area (Å²) >= 11 is 0. The van der Waals surface area contributed by atoms with Crippen molar-refractivity contribution in [2.45, 2.75) is 30.2 Å². The topological polar surface area (TPSA) is 141 Å². The van der Waals surface area contributed by atoms with Gasteiger partial charge in [0.25, 0.3) is 0 Å². The lowest BCUT2D eigenvalue weighted by atomic mass is 10.1. The monoisotopic (exact) mass is 300 g/mol. The number of unbranched alkanes of at least 4 members (excludes halogenated alkanes) is 1. The van der Waals surface area contributed by atoms with Gasteiger partial charge in [0.1, 0.15) is 0 Å². The zero-order chi connectivity index (χ0) is 15.2. The molecule has 0 radical (unpaired) electrons. The van der Waals surface area contributed by atoms with E-state index in [-0.39, 0.29) is 10.8 Å². The Morgan fingerprint density at radius 1 is 1.20 bits per heavy atom. The van der Waals surface area contributed by atoms with Crippen LogP contribution in [-0.4, -0.2) is 26.9 Å². The van der Waals surface area contributed by atoms with Crippen LogP contribution >= 0.6 is 0 Å². The molecule has 0 bridgehead atoms. The van der Waals surface area contributed by atoms with E-state index >= 15 is 0 Å². The Labute approximate surface area is 118 Å². The fourth-order valence-corrected chi connectivity index (χ4v) is 2.12. The van der Waals surface area contributed by atoms with Crippen LogP contribution in [0.2, 0.25) is 0 Å². The summed E-state index contributed by atoms with van der Waals surface area (Å²) in [6.07, 6.45) is 2.16. The first-order chi connectivity index (χ1) is 9.34. The van der Waals surface area contributed by atoms with Crippen LogP contribution in [0, 0.1) is 0 Å². The van der Waals surface area contributed by atoms with Gasteiger partial charge in [0.2, 0.25) is 15.9 Å². The summed E-state index contributed by atoms with van der Waals surface area (Å²) in [6, 6.07) is 4.96. The van der Waals surface area contributed by atoms with Crippen LogP contribution in [0.3, 0.4) is 0 Å². The Balaban J connectivity index is 2.58. The number of nitrogens with two attached hydrogens (primary N) is 3. The average Bonchev–Trinajstić information content (AvgIpc) is 2.38. The Hall–Kier alpha value is -1.48. The maximum Gasteiger partial charge on any atom is 0.241 e. The van der Waals surface area contributed by atoms with E-state index in [1.54, 1.807) is 0 Å². The molecule has 1 aromatic rings. The van der Waals surface area contributed by atoms with E-state index in [1.807, 2.05) is 0 Å². The third-order valence-corrected chi connectivity index (χ3v) is 3.69. The highest BCUT2D eigenvalue weighted by molar-refractivity contribution is 7.89. The number of primary sulfonamides is 1. The van der Waals surface area contributed by atoms with Crippen molar-refractivity contribution < 1.29 is 13.2 Å². The minimum absolute atomic E-state index is 0.0113. The number of nitrogens with one attached hydrogen (secondary N) is 1. The van der Waals surface area contributed by atoms with E-state index in [2.05, 4.69) is 5.32 Å². The third-order valence-electron chi connectivity index (χ3n) is 2.76. The molecule has 0 saturated heterocycles. The quantitative estimate of drug-likeness (QED) is 0.513. The number of carbonyl (C=O) groups excluding carboxylic acids is 1. The van der Waals surface area contributed by atoms with Gasteiger partial charge in [-0.2, -0.15) is 0 Å². The Morgan fingerprint density at radius 3 is 2.30 bits per heavy atom. The smallest absolute Gasteiger partial charge is 0.241 e. The summed E-state index contributed by atoms with van der Waals surface area (Å²) in [5.74, 6) is -0.314. The summed E-state index contributed by atoms with van der Waals surface area (Å²) in [6.45, 7) is 0.573. The molecule has 0 aromatic heterocycles. The van der Waals surface area contributed by atoms with Gasteiger partial charge in [-0.25, -0.2) is 13.6 Å². The molecule has 0 spiro atoms. The maximum atomic E-state index is 11.8. The first-order valence-electron chi connectivity index (χ1n) is 6.24. The Morgan fingerprint density at radius 2 is 1.80 bits per heavy atom. The second-order valence-corrected chi connectivity index (χ2v) is 6.01. The molecule has 1 aromatic carbocycles. The maximum absolute atomic E-state index is 11.8. The number of benzene rings is 1. The van der Waals surface area contributed by atoms with Gasteiger partial charge in [0.05, 0.1) is 10.9 Å². The standard InChI is InChI=1S/C12H20N4O3S/c13-8-2-1-3-11(14)12(17)16-9-4-6-10(7-5-9)20(15,18)19/h4-7,11H,1-3,8,13-14H2,(H,16,17)(H2,15,18,19)/t11-/m0/s1. The predicted octanol–water partition coefficient (Wildman–Crippen LogP) is -0.271. The second kappa shape index (κ2) is 7.34. The molecule has 7 N–H and O–H groups in total. The van der Waals surface area contributed by atoms with E-state index in [1.165, 1.54) is 24.3 Å². The van der Waals surface area contributed by atoms with E-state index < -0.39 is 16.1 Å². The minimum atomic E-state index is -3.73. The molecule has 0 aliphatic rings. The first kappa shape index (κ1) is 16.6. The Kier molecular flexibility index (Phi) is 6.08. The summed E-state index contributed by atoms with van der Waals surface area (Å²) in [5, 5.41) is 7.60. The van der Waals surface area contributed by atoms with Crippen LogP contribution in [0.5, 0.6) is 0 Å². The number of amides is 1. The molecule has 0 aliphatic heterocycles. The lowest BCUT2D eigenvalue weighted by molar-refractivity contribution is -0.117. The highest BCUT2D eigenvalue weighted by Crippen LogP contribution is 2.13. The summed E-state index contributed by atoms with van der Waals surface area (Å²) < 4.78 is 22.2. The number of hydrogen-bond donors (Lipinski definition) is 4. The molecule has 7 nitrogen and oxygen atoms in total. The van der Waals surface area contributed by atoms with Gasteiger partial charge in [-0.15, -0.1) is 0 Å². The van der Waals surface area contributed by atoms with Crippen LogP contribution in [0.25, 0.3) is 0 Å². The zero-order valence-corrected chi connectivity index (χ0v) is 11.9. The minimum Gasteiger partial charge on any atom is -0.330 e. The van der Waals surface area contributed by atoms with Gasteiger partial charge >= 0.3 is 0 Å². The first-order valence-corrected chi connectivity index (χ1v) is 7.78. The average molecular weight is 300 g/mol. The summed E-state index contributed by atoms with van der Waals surface area (Å²) in [5.41, 5.74) is 11.6. The fraction of sp³-hybridized carbons (Fsp3) is 0.417. The van der Waals surface area contributed by atoms with Gasteiger partial charge in [-0.3, -0.25) is 4.79 Å². The van der Waals surface area contributed by atoms with Gasteiger partial charge in [-0.05, 0) is 43.7 Å². The predicted molar refractivity (Wildman–Crippen MR) is 77.3 cm³/mol. The fourth-order valence-electron chi connectivity index (χ4n) is 1.60. The molecular formula is C12H20N4O3S. The van der Waals surface area contributed by atoms with Crippen molar-refractivity contribution in [3.05, 3.63) is 24.3 Å². The SMILES string of the molecule is NCCCC[C@H](N)C(=O)Nc1ccc(S(N)(=O)=O)cc1. The highest BCUT2D eigenvalue weighted by atomic mass is 32.2. The second-order valence-electron chi connectivity index (χ2n) is 4.45. The Bertz CT molecular complexity index is 542. The van der Waals surface area contributed by atoms with Crippen molar-refractivity contribution in [3.63, 3.8) is 0 Å². The molecule has 1 amide bonds. The molecule has 0 unspecified atom stereocenters. The van der Waals surface area contributed by atoms with E-state index in [4.69, 9.17) is 16.6 Å². The molecular weight excluding hydrogens is 280 g/mol. The molecule has 0 aliphatic carbocycles. The van der Waals surface area contributed by atoms with Crippen LogP contribution in [-0.2, 0) is 14.8 Å². The van der Waals surface area contributed by atoms with Crippen molar-refractivity contribution in [2.24, 2.45) is 16.6 Å². The van der Waals surface area contributed by atoms with Crippen LogP contribution in [0.4, 0.5) is 5.69 Å². The highest BCUT2D eigenvalue weighted by Gasteiger charge is 2.13. The number of anilines is 1. The van der Waals surface area contributed by atoms with Crippen LogP contribution < -0.4 is 21.9 Å². The van der Waals surface area contributed by atoms with Gasteiger partial charge in [0.15, 0.2) is 0 Å². The van der Waals surface area contributed by atoms with Crippen LogP contribution in [0.1, 0.15) is 19.3 Å². The van der Waals surface area contributed by atoms with Gasteiger partial charge in [0, 0.05) is 5.69 Å². The molecule has 0 saturated carbocycles. The van der Waals surface area contributed by atoms with Crippen molar-refractivity contribution in [2.75, 3.05) is 11.9 Å². The lowest BCUT2D eigenvalue weighted by Gasteiger charge is -2.12. The van der Waals surface area contributed by atoms with Crippen LogP contribution in [0.15, 0.2) is 29.2 Å². The molecule has 1 atom stereocenters.